The zero-order valence-electron chi connectivity index (χ0n) is 19.0. The monoisotopic (exact) mass is 704 g/mol. The van der Waals surface area contributed by atoms with E-state index in [9.17, 15) is 115 Å². The Morgan fingerprint density at radius 1 is 0.395 bits per heavy atom. The number of hydrogen-bond donors (Lipinski definition) is 0. The van der Waals surface area contributed by atoms with E-state index in [2.05, 4.69) is 6.58 Å². The Bertz CT molecular complexity index is 1080. The van der Waals surface area contributed by atoms with Crippen molar-refractivity contribution in [3.8, 4) is 0 Å². The molecule has 0 radical (unpaired) electrons. The highest BCUT2D eigenvalue weighted by Crippen LogP contribution is 2.67. The third-order valence-corrected chi connectivity index (χ3v) is 4.86. The summed E-state index contributed by atoms with van der Waals surface area (Å²) in [5.41, 5.74) is -2.05. The van der Waals surface area contributed by atoms with Gasteiger partial charge in [0, 0.05) is 5.57 Å². The second-order valence-corrected chi connectivity index (χ2v) is 7.93. The topological polar surface area (TPSA) is 26.3 Å². The van der Waals surface area contributed by atoms with Gasteiger partial charge in [0.1, 0.15) is 0 Å². The lowest BCUT2D eigenvalue weighted by Crippen LogP contribution is -2.79. The van der Waals surface area contributed by atoms with Crippen LogP contribution in [0.4, 0.5) is 110 Å². The van der Waals surface area contributed by atoms with E-state index in [1.807, 2.05) is 4.74 Å². The Kier molecular flexibility index (Phi) is 9.39. The molecule has 27 heteroatoms. The second-order valence-electron chi connectivity index (χ2n) is 7.93. The highest BCUT2D eigenvalue weighted by atomic mass is 19.4. The molecule has 0 bridgehead atoms. The third kappa shape index (κ3) is 4.98. The predicted molar refractivity (Wildman–Crippen MR) is 81.4 cm³/mol. The molecule has 0 amide bonds. The van der Waals surface area contributed by atoms with Crippen LogP contribution in [-0.2, 0) is 9.53 Å². The minimum Gasteiger partial charge on any atom is -0.413 e. The Labute approximate surface area is 217 Å². The van der Waals surface area contributed by atoms with E-state index in [0.29, 0.717) is 0 Å². The van der Waals surface area contributed by atoms with Gasteiger partial charge in [0.15, 0.2) is 0 Å². The van der Waals surface area contributed by atoms with Gasteiger partial charge in [-0.25, -0.2) is 4.79 Å². The molecule has 1 unspecified atom stereocenters. The first-order chi connectivity index (χ1) is 18.1. The molecule has 256 valence electrons. The van der Waals surface area contributed by atoms with E-state index in [4.69, 9.17) is 0 Å². The number of carbonyl (C=O) groups is 1. The maximum atomic E-state index is 14.8. The number of esters is 1. The van der Waals surface area contributed by atoms with Crippen molar-refractivity contribution >= 4 is 5.97 Å². The van der Waals surface area contributed by atoms with E-state index < -0.39 is 83.1 Å². The second kappa shape index (κ2) is 9.98. The van der Waals surface area contributed by atoms with Crippen LogP contribution in [0.3, 0.4) is 0 Å². The normalized spacial score (nSPS) is 17.4. The summed E-state index contributed by atoms with van der Waals surface area (Å²) in [4.78, 5) is 11.2. The molecule has 0 saturated heterocycles. The van der Waals surface area contributed by atoms with Gasteiger partial charge in [0.2, 0.25) is 0 Å². The van der Waals surface area contributed by atoms with Gasteiger partial charge in [0.25, 0.3) is 0 Å². The van der Waals surface area contributed by atoms with Gasteiger partial charge in [-0.15, -0.1) is 0 Å². The van der Waals surface area contributed by atoms with E-state index in [1.165, 1.54) is 0 Å². The van der Waals surface area contributed by atoms with Crippen LogP contribution < -0.4 is 0 Å². The molecular formula is C16H5F25O2. The first-order valence-corrected chi connectivity index (χ1v) is 9.19. The number of rotatable bonds is 11. The first-order valence-electron chi connectivity index (χ1n) is 9.19. The molecule has 0 aromatic heterocycles. The van der Waals surface area contributed by atoms with Crippen LogP contribution in [0, 0.1) is 0 Å². The molecule has 0 fully saturated rings. The summed E-state index contributed by atoms with van der Waals surface area (Å²) in [6, 6.07) is 0. The first kappa shape index (κ1) is 40.5. The lowest BCUT2D eigenvalue weighted by molar-refractivity contribution is -0.493. The van der Waals surface area contributed by atoms with Crippen LogP contribution >= 0.6 is 0 Å². The minimum atomic E-state index is -9.61. The predicted octanol–water partition coefficient (Wildman–Crippen LogP) is 8.61. The van der Waals surface area contributed by atoms with Crippen molar-refractivity contribution in [3.05, 3.63) is 12.2 Å². The molecule has 1 atom stereocenters. The number of hydrogen-bond acceptors (Lipinski definition) is 2. The van der Waals surface area contributed by atoms with E-state index in [-0.39, 0.29) is 6.92 Å². The highest BCUT2D eigenvalue weighted by Gasteiger charge is 3.00. The van der Waals surface area contributed by atoms with Crippen molar-refractivity contribution in [2.75, 3.05) is 0 Å². The highest BCUT2D eigenvalue weighted by molar-refractivity contribution is 5.87. The van der Waals surface area contributed by atoms with Crippen LogP contribution in [0.2, 0.25) is 0 Å². The summed E-state index contributed by atoms with van der Waals surface area (Å²) in [6.45, 7) is 1.94. The van der Waals surface area contributed by atoms with E-state index in [1.54, 1.807) is 0 Å². The van der Waals surface area contributed by atoms with Crippen molar-refractivity contribution in [2.24, 2.45) is 0 Å². The molecule has 0 saturated carbocycles. The minimum absolute atomic E-state index is 0.151. The SMILES string of the molecule is C=C(C)C(=O)OC(F)(C(F)(F)C(F)(F)C(F)(F)C(F)(F)F)C(F)(F)C(F)(F)C(F)(F)C(F)(F)C(F)(F)C(F)(F)C(F)(F)F. The van der Waals surface area contributed by atoms with Crippen LogP contribution in [0.25, 0.3) is 0 Å². The molecule has 43 heavy (non-hydrogen) atoms. The van der Waals surface area contributed by atoms with Gasteiger partial charge < -0.3 is 4.74 Å². The Hall–Kier alpha value is -2.54. The lowest BCUT2D eigenvalue weighted by Gasteiger charge is -2.47. The molecule has 0 aliphatic heterocycles. The molecular weight excluding hydrogens is 699 g/mol. The fourth-order valence-corrected chi connectivity index (χ4v) is 2.29. The standard InChI is InChI=1S/C16H5F25O2/c1-3(2)4(42)43-14(35,11(29,30)9(25,26)13(33,34)16(39,40)41)10(27,28)7(21,22)5(17,18)6(19,20)8(23,24)12(31,32)15(36,37)38/h1H2,2H3. The van der Waals surface area contributed by atoms with Gasteiger partial charge in [-0.05, 0) is 6.92 Å². The van der Waals surface area contributed by atoms with Crippen molar-refractivity contribution in [1.82, 2.24) is 0 Å². The summed E-state index contributed by atoms with van der Waals surface area (Å²) >= 11 is 0. The van der Waals surface area contributed by atoms with Crippen molar-refractivity contribution in [3.63, 3.8) is 0 Å². The molecule has 0 heterocycles. The average molecular weight is 704 g/mol. The van der Waals surface area contributed by atoms with Gasteiger partial charge in [-0.2, -0.15) is 110 Å². The summed E-state index contributed by atoms with van der Waals surface area (Å²) in [6.07, 6.45) is -16.4. The summed E-state index contributed by atoms with van der Waals surface area (Å²) in [5.74, 6) is -95.5. The van der Waals surface area contributed by atoms with Crippen LogP contribution in [-0.4, -0.2) is 77.5 Å². The molecule has 0 N–H and O–H groups in total. The molecule has 0 aliphatic carbocycles. The Balaban J connectivity index is 7.95. The fourth-order valence-electron chi connectivity index (χ4n) is 2.29. The number of ether oxygens (including phenoxy) is 1. The largest absolute Gasteiger partial charge is 0.460 e. The number of carbonyl (C=O) groups excluding carboxylic acids is 1. The average Bonchev–Trinajstić information content (AvgIpc) is 2.75. The molecule has 0 aliphatic rings. The van der Waals surface area contributed by atoms with Crippen LogP contribution in [0.1, 0.15) is 6.92 Å². The fraction of sp³-hybridized carbons (Fsp3) is 0.812. The maximum absolute atomic E-state index is 14.8. The maximum Gasteiger partial charge on any atom is 0.460 e. The smallest absolute Gasteiger partial charge is 0.413 e. The molecule has 0 aromatic rings. The molecule has 0 rings (SSSR count). The van der Waals surface area contributed by atoms with Gasteiger partial charge in [-0.1, -0.05) is 6.58 Å². The van der Waals surface area contributed by atoms with Crippen molar-refractivity contribution < 1.29 is 119 Å². The summed E-state index contributed by atoms with van der Waals surface area (Å²) < 4.78 is 335. The lowest BCUT2D eigenvalue weighted by atomic mass is 9.84. The van der Waals surface area contributed by atoms with E-state index in [0.717, 1.165) is 0 Å². The van der Waals surface area contributed by atoms with Gasteiger partial charge in [-0.3, -0.25) is 0 Å². The quantitative estimate of drug-likeness (QED) is 0.122. The van der Waals surface area contributed by atoms with E-state index >= 15 is 0 Å². The summed E-state index contributed by atoms with van der Waals surface area (Å²) in [5, 5.41) is 0. The number of halogens is 25. The molecule has 0 spiro atoms. The summed E-state index contributed by atoms with van der Waals surface area (Å²) in [7, 11) is 0. The van der Waals surface area contributed by atoms with Crippen molar-refractivity contribution in [1.29, 1.82) is 0 Å². The third-order valence-electron chi connectivity index (χ3n) is 4.86. The zero-order valence-corrected chi connectivity index (χ0v) is 19.0. The van der Waals surface area contributed by atoms with Gasteiger partial charge >= 0.3 is 77.5 Å². The van der Waals surface area contributed by atoms with Gasteiger partial charge in [0.05, 0.1) is 0 Å². The van der Waals surface area contributed by atoms with Crippen LogP contribution in [0.15, 0.2) is 12.2 Å². The zero-order chi connectivity index (χ0) is 35.9. The molecule has 2 nitrogen and oxygen atoms in total. The Morgan fingerprint density at radius 2 is 0.581 bits per heavy atom. The van der Waals surface area contributed by atoms with Crippen LogP contribution in [0.5, 0.6) is 0 Å². The van der Waals surface area contributed by atoms with Crippen molar-refractivity contribution in [2.45, 2.75) is 78.4 Å². The molecule has 0 aromatic carbocycles. The Morgan fingerprint density at radius 3 is 0.791 bits per heavy atom. The number of alkyl halides is 25.